The summed E-state index contributed by atoms with van der Waals surface area (Å²) in [5, 5.41) is 12.5. The Morgan fingerprint density at radius 2 is 1.95 bits per heavy atom. The number of rotatable bonds is 3. The molecule has 0 saturated carbocycles. The predicted molar refractivity (Wildman–Crippen MR) is 76.7 cm³/mol. The Bertz CT molecular complexity index is 523. The van der Waals surface area contributed by atoms with Gasteiger partial charge in [0, 0.05) is 61.4 Å². The van der Waals surface area contributed by atoms with Gasteiger partial charge in [-0.25, -0.2) is 4.98 Å². The van der Waals surface area contributed by atoms with E-state index < -0.39 is 0 Å². The Morgan fingerprint density at radius 1 is 1.16 bits per heavy atom. The SMILES string of the molecule is OCc1cnccc1N1CCN(c2nccs2)CC1. The van der Waals surface area contributed by atoms with Crippen LogP contribution in [-0.4, -0.2) is 41.3 Å². The van der Waals surface area contributed by atoms with Gasteiger partial charge in [-0.2, -0.15) is 0 Å². The summed E-state index contributed by atoms with van der Waals surface area (Å²) < 4.78 is 0. The molecule has 0 amide bonds. The molecule has 5 nitrogen and oxygen atoms in total. The first-order valence-electron chi connectivity index (χ1n) is 6.31. The van der Waals surface area contributed by atoms with Crippen LogP contribution in [0.2, 0.25) is 0 Å². The molecule has 1 aliphatic rings. The molecule has 3 rings (SSSR count). The van der Waals surface area contributed by atoms with Crippen molar-refractivity contribution in [3.8, 4) is 0 Å². The van der Waals surface area contributed by atoms with Crippen LogP contribution in [0.3, 0.4) is 0 Å². The second kappa shape index (κ2) is 5.54. The fraction of sp³-hybridized carbons (Fsp3) is 0.385. The van der Waals surface area contributed by atoms with E-state index in [1.165, 1.54) is 0 Å². The lowest BCUT2D eigenvalue weighted by Gasteiger charge is -2.36. The highest BCUT2D eigenvalue weighted by molar-refractivity contribution is 7.13. The van der Waals surface area contributed by atoms with Crippen molar-refractivity contribution in [1.29, 1.82) is 0 Å². The maximum Gasteiger partial charge on any atom is 0.185 e. The first kappa shape index (κ1) is 12.4. The monoisotopic (exact) mass is 276 g/mol. The molecule has 100 valence electrons. The molecule has 0 aromatic carbocycles. The zero-order valence-corrected chi connectivity index (χ0v) is 11.4. The van der Waals surface area contributed by atoms with E-state index in [4.69, 9.17) is 0 Å². The average molecular weight is 276 g/mol. The van der Waals surface area contributed by atoms with E-state index in [2.05, 4.69) is 19.8 Å². The van der Waals surface area contributed by atoms with Gasteiger partial charge >= 0.3 is 0 Å². The summed E-state index contributed by atoms with van der Waals surface area (Å²) in [6.45, 7) is 3.84. The van der Waals surface area contributed by atoms with Gasteiger partial charge < -0.3 is 14.9 Å². The normalized spacial score (nSPS) is 15.8. The van der Waals surface area contributed by atoms with E-state index in [1.807, 2.05) is 17.6 Å². The molecule has 1 aliphatic heterocycles. The number of hydrogen-bond acceptors (Lipinski definition) is 6. The van der Waals surface area contributed by atoms with Crippen LogP contribution in [-0.2, 0) is 6.61 Å². The summed E-state index contributed by atoms with van der Waals surface area (Å²) in [7, 11) is 0. The van der Waals surface area contributed by atoms with Gasteiger partial charge in [-0.1, -0.05) is 0 Å². The summed E-state index contributed by atoms with van der Waals surface area (Å²) >= 11 is 1.68. The molecule has 2 aromatic rings. The van der Waals surface area contributed by atoms with Crippen molar-refractivity contribution >= 4 is 22.2 Å². The van der Waals surface area contributed by atoms with Gasteiger partial charge in [-0.15, -0.1) is 11.3 Å². The maximum atomic E-state index is 9.37. The molecular formula is C13H16N4OS. The standard InChI is InChI=1S/C13H16N4OS/c18-10-11-9-14-2-1-12(11)16-4-6-17(7-5-16)13-15-3-8-19-13/h1-3,8-9,18H,4-7,10H2. The van der Waals surface area contributed by atoms with E-state index in [9.17, 15) is 5.11 Å². The minimum atomic E-state index is 0.0376. The fourth-order valence-electron chi connectivity index (χ4n) is 2.36. The highest BCUT2D eigenvalue weighted by Crippen LogP contribution is 2.24. The minimum absolute atomic E-state index is 0.0376. The molecule has 0 unspecified atom stereocenters. The van der Waals surface area contributed by atoms with Crippen molar-refractivity contribution in [3.05, 3.63) is 35.6 Å². The van der Waals surface area contributed by atoms with Crippen LogP contribution in [0.4, 0.5) is 10.8 Å². The van der Waals surface area contributed by atoms with Gasteiger partial charge in [0.1, 0.15) is 0 Å². The van der Waals surface area contributed by atoms with Gasteiger partial charge in [0.25, 0.3) is 0 Å². The van der Waals surface area contributed by atoms with Gasteiger partial charge in [-0.05, 0) is 6.07 Å². The number of nitrogens with zero attached hydrogens (tertiary/aromatic N) is 4. The Balaban J connectivity index is 1.70. The van der Waals surface area contributed by atoms with Gasteiger partial charge in [0.15, 0.2) is 5.13 Å². The van der Waals surface area contributed by atoms with Crippen molar-refractivity contribution in [1.82, 2.24) is 9.97 Å². The lowest BCUT2D eigenvalue weighted by atomic mass is 10.2. The van der Waals surface area contributed by atoms with Crippen molar-refractivity contribution in [2.75, 3.05) is 36.0 Å². The van der Waals surface area contributed by atoms with Crippen LogP contribution < -0.4 is 9.80 Å². The van der Waals surface area contributed by atoms with Crippen molar-refractivity contribution in [2.24, 2.45) is 0 Å². The first-order chi connectivity index (χ1) is 9.38. The molecule has 2 aromatic heterocycles. The van der Waals surface area contributed by atoms with E-state index in [-0.39, 0.29) is 6.61 Å². The van der Waals surface area contributed by atoms with E-state index in [0.29, 0.717) is 0 Å². The Kier molecular flexibility index (Phi) is 3.61. The van der Waals surface area contributed by atoms with Crippen LogP contribution in [0.25, 0.3) is 0 Å². The van der Waals surface area contributed by atoms with Gasteiger partial charge in [-0.3, -0.25) is 4.98 Å². The quantitative estimate of drug-likeness (QED) is 0.917. The highest BCUT2D eigenvalue weighted by atomic mass is 32.1. The van der Waals surface area contributed by atoms with Gasteiger partial charge in [0.05, 0.1) is 6.61 Å². The molecule has 1 saturated heterocycles. The number of piperazine rings is 1. The largest absolute Gasteiger partial charge is 0.392 e. The van der Waals surface area contributed by atoms with E-state index in [0.717, 1.165) is 42.6 Å². The van der Waals surface area contributed by atoms with Crippen molar-refractivity contribution in [2.45, 2.75) is 6.61 Å². The van der Waals surface area contributed by atoms with Crippen molar-refractivity contribution in [3.63, 3.8) is 0 Å². The Morgan fingerprint density at radius 3 is 2.63 bits per heavy atom. The summed E-state index contributed by atoms with van der Waals surface area (Å²) in [5.74, 6) is 0. The third-order valence-corrected chi connectivity index (χ3v) is 4.19. The fourth-order valence-corrected chi connectivity index (χ4v) is 3.06. The lowest BCUT2D eigenvalue weighted by molar-refractivity contribution is 0.281. The topological polar surface area (TPSA) is 52.5 Å². The molecule has 0 atom stereocenters. The maximum absolute atomic E-state index is 9.37. The second-order valence-corrected chi connectivity index (χ2v) is 5.32. The molecule has 19 heavy (non-hydrogen) atoms. The summed E-state index contributed by atoms with van der Waals surface area (Å²) in [5.41, 5.74) is 1.99. The van der Waals surface area contributed by atoms with Crippen LogP contribution >= 0.6 is 11.3 Å². The predicted octanol–water partition coefficient (Wildman–Crippen LogP) is 1.36. The first-order valence-corrected chi connectivity index (χ1v) is 7.19. The summed E-state index contributed by atoms with van der Waals surface area (Å²) in [6, 6.07) is 1.98. The van der Waals surface area contributed by atoms with Crippen LogP contribution in [0.1, 0.15) is 5.56 Å². The molecule has 3 heterocycles. The lowest BCUT2D eigenvalue weighted by Crippen LogP contribution is -2.46. The van der Waals surface area contributed by atoms with Crippen LogP contribution in [0, 0.1) is 0 Å². The molecule has 0 bridgehead atoms. The van der Waals surface area contributed by atoms with Crippen LogP contribution in [0.15, 0.2) is 30.0 Å². The molecular weight excluding hydrogens is 260 g/mol. The number of pyridine rings is 1. The molecule has 1 fully saturated rings. The summed E-state index contributed by atoms with van der Waals surface area (Å²) in [6.07, 6.45) is 5.36. The van der Waals surface area contributed by atoms with Crippen LogP contribution in [0.5, 0.6) is 0 Å². The zero-order chi connectivity index (χ0) is 13.1. The molecule has 6 heteroatoms. The number of aromatic nitrogens is 2. The number of aliphatic hydroxyl groups excluding tert-OH is 1. The average Bonchev–Trinajstić information content (AvgIpc) is 3.02. The van der Waals surface area contributed by atoms with Gasteiger partial charge in [0.2, 0.25) is 0 Å². The smallest absolute Gasteiger partial charge is 0.185 e. The second-order valence-electron chi connectivity index (χ2n) is 4.45. The van der Waals surface area contributed by atoms with Crippen molar-refractivity contribution < 1.29 is 5.11 Å². The molecule has 0 spiro atoms. The zero-order valence-electron chi connectivity index (χ0n) is 10.6. The number of hydrogen-bond donors (Lipinski definition) is 1. The number of aliphatic hydroxyl groups is 1. The molecule has 1 N–H and O–H groups in total. The summed E-state index contributed by atoms with van der Waals surface area (Å²) in [4.78, 5) is 13.0. The number of thiazole rings is 1. The Labute approximate surface area is 116 Å². The van der Waals surface area contributed by atoms with E-state index >= 15 is 0 Å². The highest BCUT2D eigenvalue weighted by Gasteiger charge is 2.20. The molecule has 0 aliphatic carbocycles. The van der Waals surface area contributed by atoms with E-state index in [1.54, 1.807) is 23.7 Å². The molecule has 0 radical (unpaired) electrons. The Hall–Kier alpha value is -1.66. The number of anilines is 2. The third-order valence-electron chi connectivity index (χ3n) is 3.36. The minimum Gasteiger partial charge on any atom is -0.392 e. The third kappa shape index (κ3) is 2.54.